The monoisotopic (exact) mass is 606 g/mol. The number of nitrogens with zero attached hydrogens (tertiary/aromatic N) is 3. The number of carbonyl (C=O) groups excluding carboxylic acids is 1. The van der Waals surface area contributed by atoms with Crippen molar-refractivity contribution in [3.63, 3.8) is 0 Å². The molecule has 1 aliphatic rings. The van der Waals surface area contributed by atoms with Crippen LogP contribution >= 0.6 is 11.3 Å². The number of thiophene rings is 1. The highest BCUT2D eigenvalue weighted by atomic mass is 32.1. The summed E-state index contributed by atoms with van der Waals surface area (Å²) in [7, 11) is 4.30. The number of aryl methyl sites for hydroxylation is 1. The van der Waals surface area contributed by atoms with Crippen LogP contribution in [0.1, 0.15) is 38.3 Å². The van der Waals surface area contributed by atoms with Crippen molar-refractivity contribution in [3.8, 4) is 28.3 Å². The first-order chi connectivity index (χ1) is 20.6. The molecular formula is C33H39FN4O4S. The van der Waals surface area contributed by atoms with Gasteiger partial charge in [0.2, 0.25) is 0 Å². The number of benzene rings is 2. The molecule has 1 amide bonds. The van der Waals surface area contributed by atoms with Crippen LogP contribution in [0.15, 0.2) is 47.8 Å². The smallest absolute Gasteiger partial charge is 0.407 e. The zero-order valence-electron chi connectivity index (χ0n) is 25.4. The number of hydrogen-bond donors (Lipinski definition) is 1. The molecule has 0 saturated carbocycles. The second-order valence-electron chi connectivity index (χ2n) is 11.9. The molecule has 43 heavy (non-hydrogen) atoms. The van der Waals surface area contributed by atoms with Gasteiger partial charge in [-0.1, -0.05) is 12.1 Å². The first-order valence-corrected chi connectivity index (χ1v) is 15.5. The highest BCUT2D eigenvalue weighted by Crippen LogP contribution is 2.40. The number of amides is 1. The Hall–Kier alpha value is -3.60. The predicted molar refractivity (Wildman–Crippen MR) is 168 cm³/mol. The van der Waals surface area contributed by atoms with Gasteiger partial charge in [0.1, 0.15) is 35.2 Å². The summed E-state index contributed by atoms with van der Waals surface area (Å²) in [4.78, 5) is 14.0. The Morgan fingerprint density at radius 3 is 2.65 bits per heavy atom. The molecule has 0 saturated heterocycles. The van der Waals surface area contributed by atoms with Crippen LogP contribution in [0.4, 0.5) is 9.18 Å². The van der Waals surface area contributed by atoms with Gasteiger partial charge in [0.25, 0.3) is 0 Å². The van der Waals surface area contributed by atoms with E-state index in [9.17, 15) is 9.18 Å². The number of ether oxygens (including phenoxy) is 3. The van der Waals surface area contributed by atoms with Gasteiger partial charge in [-0.2, -0.15) is 0 Å². The molecule has 1 N–H and O–H groups in total. The van der Waals surface area contributed by atoms with Gasteiger partial charge in [-0.05, 0) is 94.9 Å². The number of aromatic nitrogens is 2. The SMILES string of the molecule is CN(C)[C@H]1CCc2cc(-c3nnc(-c4ccc(F)cc4OCCOCCNC(=O)OC(C)(C)C)c4sccc34)ccc2C1. The van der Waals surface area contributed by atoms with Crippen LogP contribution in [0.5, 0.6) is 5.75 Å². The summed E-state index contributed by atoms with van der Waals surface area (Å²) in [6.45, 7) is 6.48. The molecule has 1 atom stereocenters. The van der Waals surface area contributed by atoms with Gasteiger partial charge in [0.15, 0.2) is 0 Å². The number of hydrogen-bond acceptors (Lipinski definition) is 8. The predicted octanol–water partition coefficient (Wildman–Crippen LogP) is 6.50. The highest BCUT2D eigenvalue weighted by Gasteiger charge is 2.22. The first-order valence-electron chi connectivity index (χ1n) is 14.6. The molecular weight excluding hydrogens is 567 g/mol. The van der Waals surface area contributed by atoms with E-state index in [1.165, 1.54) is 23.3 Å². The molecule has 0 aliphatic heterocycles. The molecule has 10 heteroatoms. The summed E-state index contributed by atoms with van der Waals surface area (Å²) >= 11 is 1.58. The topological polar surface area (TPSA) is 85.8 Å². The first kappa shape index (κ1) is 30.8. The summed E-state index contributed by atoms with van der Waals surface area (Å²) in [5, 5.41) is 15.0. The second kappa shape index (κ2) is 13.4. The average molecular weight is 607 g/mol. The lowest BCUT2D eigenvalue weighted by atomic mass is 9.86. The zero-order valence-corrected chi connectivity index (χ0v) is 26.2. The summed E-state index contributed by atoms with van der Waals surface area (Å²) in [5.74, 6) is -0.0322. The van der Waals surface area contributed by atoms with Crippen molar-refractivity contribution in [2.24, 2.45) is 0 Å². The molecule has 4 aromatic rings. The number of halogens is 1. The second-order valence-corrected chi connectivity index (χ2v) is 12.9. The van der Waals surface area contributed by atoms with E-state index in [4.69, 9.17) is 14.2 Å². The Kier molecular flexibility index (Phi) is 9.59. The molecule has 0 bridgehead atoms. The van der Waals surface area contributed by atoms with Gasteiger partial charge in [-0.3, -0.25) is 0 Å². The highest BCUT2D eigenvalue weighted by molar-refractivity contribution is 7.17. The fraction of sp³-hybridized carbons (Fsp3) is 0.424. The van der Waals surface area contributed by atoms with E-state index in [1.54, 1.807) is 38.2 Å². The molecule has 228 valence electrons. The summed E-state index contributed by atoms with van der Waals surface area (Å²) in [6.07, 6.45) is 2.75. The van der Waals surface area contributed by atoms with Gasteiger partial charge in [-0.15, -0.1) is 21.5 Å². The minimum absolute atomic E-state index is 0.200. The fourth-order valence-electron chi connectivity index (χ4n) is 5.25. The Bertz CT molecular complexity index is 1580. The normalized spacial score (nSPS) is 15.0. The quantitative estimate of drug-likeness (QED) is 0.206. The average Bonchev–Trinajstić information content (AvgIpc) is 3.45. The lowest BCUT2D eigenvalue weighted by molar-refractivity contribution is 0.0489. The van der Waals surface area contributed by atoms with Gasteiger partial charge < -0.3 is 24.4 Å². The maximum Gasteiger partial charge on any atom is 0.407 e. The lowest BCUT2D eigenvalue weighted by Gasteiger charge is -2.30. The van der Waals surface area contributed by atoms with E-state index in [1.807, 2.05) is 5.38 Å². The van der Waals surface area contributed by atoms with E-state index in [2.05, 4.69) is 58.8 Å². The van der Waals surface area contributed by atoms with E-state index in [0.717, 1.165) is 40.6 Å². The van der Waals surface area contributed by atoms with Crippen LogP contribution in [0.2, 0.25) is 0 Å². The van der Waals surface area contributed by atoms with Crippen molar-refractivity contribution in [1.82, 2.24) is 20.4 Å². The Morgan fingerprint density at radius 2 is 1.86 bits per heavy atom. The number of likely N-dealkylation sites (N-methyl/N-ethyl adjacent to an activating group) is 1. The third kappa shape index (κ3) is 7.68. The van der Waals surface area contributed by atoms with Crippen LogP contribution in [0.3, 0.4) is 0 Å². The van der Waals surface area contributed by atoms with E-state index in [0.29, 0.717) is 36.2 Å². The minimum atomic E-state index is -0.557. The summed E-state index contributed by atoms with van der Waals surface area (Å²) in [5.41, 5.74) is 5.43. The van der Waals surface area contributed by atoms with Gasteiger partial charge in [0, 0.05) is 35.2 Å². The molecule has 0 spiro atoms. The third-order valence-electron chi connectivity index (χ3n) is 7.40. The number of fused-ring (bicyclic) bond motifs is 2. The number of alkyl carbamates (subject to hydrolysis) is 1. The third-order valence-corrected chi connectivity index (χ3v) is 8.32. The van der Waals surface area contributed by atoms with E-state index < -0.39 is 17.5 Å². The number of nitrogens with one attached hydrogen (secondary N) is 1. The van der Waals surface area contributed by atoms with Crippen LogP contribution in [-0.4, -0.2) is 73.3 Å². The Balaban J connectivity index is 1.27. The maximum absolute atomic E-state index is 14.3. The number of rotatable bonds is 10. The minimum Gasteiger partial charge on any atom is -0.490 e. The molecule has 2 aromatic carbocycles. The van der Waals surface area contributed by atoms with Crippen molar-refractivity contribution >= 4 is 27.5 Å². The zero-order chi connectivity index (χ0) is 30.6. The summed E-state index contributed by atoms with van der Waals surface area (Å²) in [6, 6.07) is 13.7. The Labute approximate surface area is 256 Å². The largest absolute Gasteiger partial charge is 0.490 e. The van der Waals surface area contributed by atoms with Crippen LogP contribution < -0.4 is 10.1 Å². The standard InChI is InChI=1S/C33H39FN4O4S/c1-33(2,3)42-32(39)35-13-14-40-15-16-41-28-20-24(34)9-11-26(28)30-31-27(12-17-43-31)29(36-37-30)23-7-6-22-19-25(38(4)5)10-8-21(22)18-23/h6-7,9,11-12,17-18,20,25H,8,10,13-16,19H2,1-5H3,(H,35,39)/t25-/m0/s1. The van der Waals surface area contributed by atoms with Crippen molar-refractivity contribution in [2.75, 3.05) is 40.5 Å². The molecule has 0 unspecified atom stereocenters. The molecule has 5 rings (SSSR count). The molecule has 1 aliphatic carbocycles. The van der Waals surface area contributed by atoms with Crippen LogP contribution in [0, 0.1) is 5.82 Å². The summed E-state index contributed by atoms with van der Waals surface area (Å²) < 4.78 is 32.0. The van der Waals surface area contributed by atoms with Crippen LogP contribution in [0.25, 0.3) is 32.6 Å². The Morgan fingerprint density at radius 1 is 1.05 bits per heavy atom. The molecule has 0 radical (unpaired) electrons. The van der Waals surface area contributed by atoms with Gasteiger partial charge in [0.05, 0.1) is 17.9 Å². The van der Waals surface area contributed by atoms with E-state index in [-0.39, 0.29) is 13.2 Å². The maximum atomic E-state index is 14.3. The van der Waals surface area contributed by atoms with Gasteiger partial charge >= 0.3 is 6.09 Å². The number of carbonyl (C=O) groups is 1. The lowest BCUT2D eigenvalue weighted by Crippen LogP contribution is -2.34. The fourth-order valence-corrected chi connectivity index (χ4v) is 6.15. The molecule has 8 nitrogen and oxygen atoms in total. The molecule has 0 fully saturated rings. The molecule has 2 aromatic heterocycles. The van der Waals surface area contributed by atoms with Crippen molar-refractivity contribution in [3.05, 3.63) is 64.8 Å². The van der Waals surface area contributed by atoms with Gasteiger partial charge in [-0.25, -0.2) is 9.18 Å². The van der Waals surface area contributed by atoms with E-state index >= 15 is 0 Å². The van der Waals surface area contributed by atoms with Crippen molar-refractivity contribution < 1.29 is 23.4 Å². The van der Waals surface area contributed by atoms with Crippen molar-refractivity contribution in [1.29, 1.82) is 0 Å². The van der Waals surface area contributed by atoms with Crippen molar-refractivity contribution in [2.45, 2.75) is 51.7 Å². The molecule has 2 heterocycles. The van der Waals surface area contributed by atoms with Crippen LogP contribution in [-0.2, 0) is 22.3 Å².